The smallest absolute Gasteiger partial charge is 0.328 e. The Balaban J connectivity index is 2.23. The van der Waals surface area contributed by atoms with Gasteiger partial charge in [0.15, 0.2) is 0 Å². The van der Waals surface area contributed by atoms with Gasteiger partial charge in [0.2, 0.25) is 5.91 Å². The standard InChI is InChI=1S/C19H25N3O6S/c1-4-15(14-8-9-27-12-14)21-18(23)11-13-6-7-16(28-5-2)17(10-13)29(25,26)22-19(24)20-3/h6-10,12,15H,4-5,11H2,1-3H3,(H,21,23)(H2,20,22,24). The molecule has 0 aliphatic carbocycles. The van der Waals surface area contributed by atoms with Crippen LogP contribution in [0.15, 0.2) is 46.1 Å². The van der Waals surface area contributed by atoms with Crippen LogP contribution in [0.3, 0.4) is 0 Å². The Labute approximate surface area is 169 Å². The van der Waals surface area contributed by atoms with Crippen molar-refractivity contribution in [2.24, 2.45) is 0 Å². The quantitative estimate of drug-likeness (QED) is 0.567. The molecule has 0 aliphatic heterocycles. The van der Waals surface area contributed by atoms with Gasteiger partial charge >= 0.3 is 6.03 Å². The molecule has 1 aromatic carbocycles. The van der Waals surface area contributed by atoms with Gasteiger partial charge in [0, 0.05) is 12.6 Å². The van der Waals surface area contributed by atoms with E-state index in [1.54, 1.807) is 25.3 Å². The van der Waals surface area contributed by atoms with Crippen molar-refractivity contribution in [1.82, 2.24) is 15.4 Å². The number of hydrogen-bond acceptors (Lipinski definition) is 6. The average molecular weight is 423 g/mol. The van der Waals surface area contributed by atoms with Gasteiger partial charge in [0.25, 0.3) is 10.0 Å². The van der Waals surface area contributed by atoms with Gasteiger partial charge < -0.3 is 19.8 Å². The Kier molecular flexibility index (Phi) is 7.66. The van der Waals surface area contributed by atoms with E-state index in [0.717, 1.165) is 5.56 Å². The Morgan fingerprint density at radius 1 is 1.21 bits per heavy atom. The minimum atomic E-state index is -4.18. The first-order chi connectivity index (χ1) is 13.8. The van der Waals surface area contributed by atoms with Gasteiger partial charge in [-0.3, -0.25) is 4.79 Å². The second kappa shape index (κ2) is 9.97. The molecule has 10 heteroatoms. The number of benzene rings is 1. The summed E-state index contributed by atoms with van der Waals surface area (Å²) in [6.45, 7) is 3.89. The molecule has 0 aliphatic rings. The maximum absolute atomic E-state index is 12.6. The first-order valence-corrected chi connectivity index (χ1v) is 10.6. The normalized spacial score (nSPS) is 12.1. The molecular weight excluding hydrogens is 398 g/mol. The summed E-state index contributed by atoms with van der Waals surface area (Å²) in [5.74, 6) is -0.178. The van der Waals surface area contributed by atoms with Gasteiger partial charge in [-0.25, -0.2) is 17.9 Å². The highest BCUT2D eigenvalue weighted by molar-refractivity contribution is 7.90. The van der Waals surface area contributed by atoms with E-state index in [2.05, 4.69) is 10.6 Å². The van der Waals surface area contributed by atoms with Gasteiger partial charge in [-0.15, -0.1) is 0 Å². The summed E-state index contributed by atoms with van der Waals surface area (Å²) in [4.78, 5) is 23.7. The fourth-order valence-corrected chi connectivity index (χ4v) is 3.85. The molecule has 158 valence electrons. The number of carbonyl (C=O) groups is 2. The van der Waals surface area contributed by atoms with Crippen LogP contribution in [0.25, 0.3) is 0 Å². The third-order valence-corrected chi connectivity index (χ3v) is 5.46. The highest BCUT2D eigenvalue weighted by Crippen LogP contribution is 2.26. The molecule has 0 spiro atoms. The summed E-state index contributed by atoms with van der Waals surface area (Å²) >= 11 is 0. The molecule has 0 saturated carbocycles. The summed E-state index contributed by atoms with van der Waals surface area (Å²) in [5, 5.41) is 5.09. The molecule has 0 bridgehead atoms. The SMILES string of the molecule is CCOc1ccc(CC(=O)NC(CC)c2ccoc2)cc1S(=O)(=O)NC(=O)NC. The topological polar surface area (TPSA) is 127 Å². The molecule has 1 atom stereocenters. The zero-order valence-corrected chi connectivity index (χ0v) is 17.3. The second-order valence-electron chi connectivity index (χ2n) is 6.16. The van der Waals surface area contributed by atoms with Crippen molar-refractivity contribution in [3.8, 4) is 5.75 Å². The van der Waals surface area contributed by atoms with Gasteiger partial charge in [0.1, 0.15) is 10.6 Å². The first-order valence-electron chi connectivity index (χ1n) is 9.12. The van der Waals surface area contributed by atoms with Crippen molar-refractivity contribution < 1.29 is 27.2 Å². The van der Waals surface area contributed by atoms with Crippen LogP contribution in [0.1, 0.15) is 37.4 Å². The lowest BCUT2D eigenvalue weighted by atomic mass is 10.1. The molecule has 3 amide bonds. The van der Waals surface area contributed by atoms with Crippen LogP contribution in [0.5, 0.6) is 5.75 Å². The Hall–Kier alpha value is -3.01. The minimum Gasteiger partial charge on any atom is -0.492 e. The number of nitrogens with one attached hydrogen (secondary N) is 3. The van der Waals surface area contributed by atoms with E-state index in [9.17, 15) is 18.0 Å². The van der Waals surface area contributed by atoms with Crippen molar-refractivity contribution in [1.29, 1.82) is 0 Å². The van der Waals surface area contributed by atoms with Gasteiger partial charge in [-0.2, -0.15) is 0 Å². The molecule has 9 nitrogen and oxygen atoms in total. The average Bonchev–Trinajstić information content (AvgIpc) is 3.21. The molecule has 0 radical (unpaired) electrons. The number of furan rings is 1. The van der Waals surface area contributed by atoms with Crippen molar-refractivity contribution >= 4 is 22.0 Å². The number of ether oxygens (including phenoxy) is 1. The van der Waals surface area contributed by atoms with E-state index < -0.39 is 16.1 Å². The molecule has 0 fully saturated rings. The zero-order valence-electron chi connectivity index (χ0n) is 16.5. The molecule has 29 heavy (non-hydrogen) atoms. The van der Waals surface area contributed by atoms with Gasteiger partial charge in [-0.05, 0) is 37.1 Å². The highest BCUT2D eigenvalue weighted by Gasteiger charge is 2.23. The molecule has 1 heterocycles. The molecule has 0 saturated heterocycles. The lowest BCUT2D eigenvalue weighted by molar-refractivity contribution is -0.121. The molecule has 2 rings (SSSR count). The third kappa shape index (κ3) is 5.98. The second-order valence-corrected chi connectivity index (χ2v) is 7.81. The zero-order chi connectivity index (χ0) is 21.4. The number of carbonyl (C=O) groups excluding carboxylic acids is 2. The maximum Gasteiger partial charge on any atom is 0.328 e. The predicted octanol–water partition coefficient (Wildman–Crippen LogP) is 2.11. The van der Waals surface area contributed by atoms with Crippen molar-refractivity contribution in [3.05, 3.63) is 47.9 Å². The third-order valence-electron chi connectivity index (χ3n) is 4.11. The van der Waals surface area contributed by atoms with Crippen LogP contribution < -0.4 is 20.1 Å². The number of rotatable bonds is 9. The monoisotopic (exact) mass is 423 g/mol. The van der Waals surface area contributed by atoms with Crippen LogP contribution in [0, 0.1) is 0 Å². The van der Waals surface area contributed by atoms with Crippen molar-refractivity contribution in [3.63, 3.8) is 0 Å². The van der Waals surface area contributed by atoms with E-state index in [4.69, 9.17) is 9.15 Å². The summed E-state index contributed by atoms with van der Waals surface area (Å²) in [7, 11) is -2.87. The lowest BCUT2D eigenvalue weighted by Crippen LogP contribution is -2.37. The van der Waals surface area contributed by atoms with E-state index in [-0.39, 0.29) is 35.6 Å². The van der Waals surface area contributed by atoms with Crippen LogP contribution in [0.2, 0.25) is 0 Å². The van der Waals surface area contributed by atoms with Gasteiger partial charge in [0.05, 0.1) is 31.6 Å². The molecule has 1 unspecified atom stereocenters. The number of sulfonamides is 1. The van der Waals surface area contributed by atoms with E-state index in [1.807, 2.05) is 11.6 Å². The van der Waals surface area contributed by atoms with E-state index in [0.29, 0.717) is 12.0 Å². The number of amides is 3. The summed E-state index contributed by atoms with van der Waals surface area (Å²) in [6.07, 6.45) is 3.74. The first kappa shape index (κ1) is 22.3. The Bertz CT molecular complexity index is 941. The molecule has 1 aromatic heterocycles. The van der Waals surface area contributed by atoms with Crippen molar-refractivity contribution in [2.75, 3.05) is 13.7 Å². The summed E-state index contributed by atoms with van der Waals surface area (Å²) in [6, 6.07) is 5.11. The highest BCUT2D eigenvalue weighted by atomic mass is 32.2. The number of hydrogen-bond donors (Lipinski definition) is 3. The van der Waals surface area contributed by atoms with Crippen LogP contribution >= 0.6 is 0 Å². The van der Waals surface area contributed by atoms with Crippen LogP contribution in [-0.2, 0) is 21.2 Å². The molecule has 2 aromatic rings. The Morgan fingerprint density at radius 2 is 1.97 bits per heavy atom. The van der Waals surface area contributed by atoms with Crippen molar-refractivity contribution in [2.45, 2.75) is 37.6 Å². The molecular formula is C19H25N3O6S. The Morgan fingerprint density at radius 3 is 2.55 bits per heavy atom. The van der Waals surface area contributed by atoms with E-state index >= 15 is 0 Å². The van der Waals surface area contributed by atoms with Gasteiger partial charge in [-0.1, -0.05) is 13.0 Å². The largest absolute Gasteiger partial charge is 0.492 e. The molecule has 3 N–H and O–H groups in total. The van der Waals surface area contributed by atoms with E-state index in [1.165, 1.54) is 25.4 Å². The van der Waals surface area contributed by atoms with Crippen LogP contribution in [-0.4, -0.2) is 34.0 Å². The minimum absolute atomic E-state index is 0.0384. The predicted molar refractivity (Wildman–Crippen MR) is 106 cm³/mol. The lowest BCUT2D eigenvalue weighted by Gasteiger charge is -2.16. The van der Waals surface area contributed by atoms with Crippen LogP contribution in [0.4, 0.5) is 4.79 Å². The fraction of sp³-hybridized carbons (Fsp3) is 0.368. The summed E-state index contributed by atoms with van der Waals surface area (Å²) < 4.78 is 37.4. The fourth-order valence-electron chi connectivity index (χ4n) is 2.70. The maximum atomic E-state index is 12.6. The number of urea groups is 1. The summed E-state index contributed by atoms with van der Waals surface area (Å²) in [5.41, 5.74) is 1.32.